The third-order valence-electron chi connectivity index (χ3n) is 5.75. The van der Waals surface area contributed by atoms with Gasteiger partial charge in [0.2, 0.25) is 5.91 Å². The zero-order chi connectivity index (χ0) is 24.8. The number of benzene rings is 2. The topological polar surface area (TPSA) is 98.7 Å². The first-order chi connectivity index (χ1) is 17.0. The number of carbonyl (C=O) groups is 1. The molecular formula is C26H24BrN7O. The molecule has 2 heterocycles. The van der Waals surface area contributed by atoms with Crippen LogP contribution in [0, 0.1) is 11.3 Å². The molecule has 0 radical (unpaired) electrons. The first-order valence-corrected chi connectivity index (χ1v) is 11.8. The monoisotopic (exact) mass is 529 g/mol. The minimum absolute atomic E-state index is 0.0371. The van der Waals surface area contributed by atoms with Gasteiger partial charge in [0.1, 0.15) is 18.6 Å². The number of nitriles is 1. The van der Waals surface area contributed by atoms with E-state index in [1.165, 1.54) is 0 Å². The van der Waals surface area contributed by atoms with Crippen molar-refractivity contribution < 1.29 is 4.79 Å². The number of carbonyl (C=O) groups excluding carboxylic acids is 1. The summed E-state index contributed by atoms with van der Waals surface area (Å²) < 4.78 is 2.62. The number of rotatable bonds is 8. The molecule has 2 aromatic carbocycles. The minimum Gasteiger partial charge on any atom is -0.351 e. The van der Waals surface area contributed by atoms with Crippen LogP contribution in [0.4, 0.5) is 11.5 Å². The highest BCUT2D eigenvalue weighted by molar-refractivity contribution is 9.10. The number of aryl methyl sites for hydroxylation is 1. The number of aliphatic imine (C=N–C) groups is 2. The van der Waals surface area contributed by atoms with Crippen molar-refractivity contribution in [3.63, 3.8) is 0 Å². The van der Waals surface area contributed by atoms with Crippen LogP contribution in [0.5, 0.6) is 0 Å². The van der Waals surface area contributed by atoms with E-state index in [2.05, 4.69) is 49.1 Å². The van der Waals surface area contributed by atoms with Crippen LogP contribution in [0.3, 0.4) is 0 Å². The van der Waals surface area contributed by atoms with Gasteiger partial charge in [0.05, 0.1) is 29.6 Å². The maximum atomic E-state index is 13.2. The van der Waals surface area contributed by atoms with Gasteiger partial charge in [-0.3, -0.25) is 19.5 Å². The van der Waals surface area contributed by atoms with Crippen molar-refractivity contribution in [1.29, 1.82) is 5.26 Å². The zero-order valence-corrected chi connectivity index (χ0v) is 20.9. The maximum absolute atomic E-state index is 13.2. The van der Waals surface area contributed by atoms with E-state index in [4.69, 9.17) is 0 Å². The Balaban J connectivity index is 1.62. The van der Waals surface area contributed by atoms with Gasteiger partial charge in [-0.25, -0.2) is 0 Å². The minimum atomic E-state index is -0.0371. The predicted octanol–water partition coefficient (Wildman–Crippen LogP) is 4.26. The van der Waals surface area contributed by atoms with Gasteiger partial charge in [-0.15, -0.1) is 0 Å². The molecule has 35 heavy (non-hydrogen) atoms. The molecule has 4 rings (SSSR count). The Hall–Kier alpha value is -4.03. The number of hydrogen-bond donors (Lipinski definition) is 1. The van der Waals surface area contributed by atoms with Crippen molar-refractivity contribution in [2.45, 2.75) is 12.8 Å². The predicted molar refractivity (Wildman–Crippen MR) is 142 cm³/mol. The molecule has 9 heteroatoms. The summed E-state index contributed by atoms with van der Waals surface area (Å²) in [6.07, 6.45) is 5.95. The molecule has 0 atom stereocenters. The summed E-state index contributed by atoms with van der Waals surface area (Å²) in [5.74, 6) is 0.801. The fraction of sp³-hybridized carbons (Fsp3) is 0.192. The molecule has 0 fully saturated rings. The summed E-state index contributed by atoms with van der Waals surface area (Å²) in [6, 6.07) is 15.6. The molecule has 3 aromatic rings. The average Bonchev–Trinajstić information content (AvgIpc) is 3.48. The van der Waals surface area contributed by atoms with Crippen LogP contribution in [0.25, 0.3) is 0 Å². The fourth-order valence-corrected chi connectivity index (χ4v) is 4.47. The SMILES string of the molecule is C=N/C=C\C(=N/CNc1ccnn1C)c1cc(C#N)c2c(c1)CCN2C(=O)Cc1ccccc1Br. The first-order valence-electron chi connectivity index (χ1n) is 11.0. The number of nitrogens with zero attached hydrogens (tertiary/aromatic N) is 6. The van der Waals surface area contributed by atoms with E-state index in [-0.39, 0.29) is 12.3 Å². The van der Waals surface area contributed by atoms with Crippen molar-refractivity contribution in [3.05, 3.63) is 87.7 Å². The molecule has 1 aromatic heterocycles. The van der Waals surface area contributed by atoms with Gasteiger partial charge in [0, 0.05) is 35.9 Å². The Morgan fingerprint density at radius 3 is 2.89 bits per heavy atom. The lowest BCUT2D eigenvalue weighted by Gasteiger charge is -2.19. The number of fused-ring (bicyclic) bond motifs is 1. The van der Waals surface area contributed by atoms with Gasteiger partial charge in [0.15, 0.2) is 0 Å². The molecule has 0 unspecified atom stereocenters. The Kier molecular flexibility index (Phi) is 7.53. The normalized spacial score (nSPS) is 13.1. The quantitative estimate of drug-likeness (QED) is 0.440. The number of amides is 1. The van der Waals surface area contributed by atoms with Gasteiger partial charge in [-0.2, -0.15) is 10.4 Å². The number of halogens is 1. The van der Waals surface area contributed by atoms with Gasteiger partial charge in [-0.1, -0.05) is 34.1 Å². The van der Waals surface area contributed by atoms with E-state index in [0.29, 0.717) is 36.6 Å². The van der Waals surface area contributed by atoms with E-state index < -0.39 is 0 Å². The molecule has 0 aliphatic carbocycles. The van der Waals surface area contributed by atoms with Crippen LogP contribution in [-0.4, -0.2) is 41.3 Å². The zero-order valence-electron chi connectivity index (χ0n) is 19.3. The number of allylic oxidation sites excluding steroid dienone is 1. The van der Waals surface area contributed by atoms with Crippen molar-refractivity contribution in [3.8, 4) is 6.07 Å². The summed E-state index contributed by atoms with van der Waals surface area (Å²) in [6.45, 7) is 4.35. The lowest BCUT2D eigenvalue weighted by Crippen LogP contribution is -2.31. The van der Waals surface area contributed by atoms with Gasteiger partial charge >= 0.3 is 0 Å². The maximum Gasteiger partial charge on any atom is 0.231 e. The van der Waals surface area contributed by atoms with Crippen LogP contribution in [0.15, 0.2) is 75.4 Å². The lowest BCUT2D eigenvalue weighted by atomic mass is 10.00. The number of hydrogen-bond acceptors (Lipinski definition) is 6. The molecule has 0 spiro atoms. The first kappa shape index (κ1) is 24.1. The lowest BCUT2D eigenvalue weighted by molar-refractivity contribution is -0.117. The smallest absolute Gasteiger partial charge is 0.231 e. The molecule has 0 bridgehead atoms. The largest absolute Gasteiger partial charge is 0.351 e. The second kappa shape index (κ2) is 10.9. The number of aromatic nitrogens is 2. The van der Waals surface area contributed by atoms with E-state index >= 15 is 0 Å². The molecule has 1 aliphatic rings. The second-order valence-corrected chi connectivity index (χ2v) is 8.78. The summed E-state index contributed by atoms with van der Waals surface area (Å²) in [5.41, 5.74) is 4.44. The molecule has 1 aliphatic heterocycles. The third-order valence-corrected chi connectivity index (χ3v) is 6.52. The van der Waals surface area contributed by atoms with E-state index in [9.17, 15) is 10.1 Å². The Morgan fingerprint density at radius 1 is 1.34 bits per heavy atom. The highest BCUT2D eigenvalue weighted by atomic mass is 79.9. The van der Waals surface area contributed by atoms with Gasteiger partial charge in [0.25, 0.3) is 0 Å². The van der Waals surface area contributed by atoms with Crippen LogP contribution in [0.1, 0.15) is 22.3 Å². The Bertz CT molecular complexity index is 1370. The standard InChI is InChI=1S/C26H24BrN7O/c1-29-10-7-23(30-17-31-24-8-11-32-33(24)2)20-13-19-9-12-34(26(19)21(14-20)16-28)25(35)15-18-5-3-4-6-22(18)27/h3-8,10-11,13-14,31H,1,9,12,15,17H2,2H3/b10-7-,30-23+. The molecule has 0 saturated carbocycles. The second-order valence-electron chi connectivity index (χ2n) is 7.92. The van der Waals surface area contributed by atoms with Crippen LogP contribution >= 0.6 is 15.9 Å². The van der Waals surface area contributed by atoms with Crippen molar-refractivity contribution >= 4 is 45.8 Å². The van der Waals surface area contributed by atoms with E-state index in [0.717, 1.165) is 27.0 Å². The number of anilines is 2. The van der Waals surface area contributed by atoms with E-state index in [1.807, 2.05) is 43.4 Å². The average molecular weight is 530 g/mol. The van der Waals surface area contributed by atoms with Crippen LogP contribution < -0.4 is 10.2 Å². The Morgan fingerprint density at radius 2 is 2.17 bits per heavy atom. The van der Waals surface area contributed by atoms with E-state index in [1.54, 1.807) is 34.1 Å². The van der Waals surface area contributed by atoms with Crippen molar-refractivity contribution in [2.24, 2.45) is 17.0 Å². The molecule has 176 valence electrons. The third kappa shape index (κ3) is 5.39. The van der Waals surface area contributed by atoms with Crippen LogP contribution in [0.2, 0.25) is 0 Å². The van der Waals surface area contributed by atoms with Gasteiger partial charge < -0.3 is 10.2 Å². The highest BCUT2D eigenvalue weighted by Gasteiger charge is 2.29. The summed E-state index contributed by atoms with van der Waals surface area (Å²) >= 11 is 3.51. The molecular weight excluding hydrogens is 506 g/mol. The molecule has 1 N–H and O–H groups in total. The fourth-order valence-electron chi connectivity index (χ4n) is 4.05. The Labute approximate surface area is 212 Å². The van der Waals surface area contributed by atoms with Crippen molar-refractivity contribution in [2.75, 3.05) is 23.4 Å². The highest BCUT2D eigenvalue weighted by Crippen LogP contribution is 2.34. The molecule has 8 nitrogen and oxygen atoms in total. The molecule has 1 amide bonds. The van der Waals surface area contributed by atoms with Crippen LogP contribution in [-0.2, 0) is 24.7 Å². The number of nitrogens with one attached hydrogen (secondary N) is 1. The van der Waals surface area contributed by atoms with Crippen molar-refractivity contribution in [1.82, 2.24) is 9.78 Å². The summed E-state index contributed by atoms with van der Waals surface area (Å²) in [5, 5.41) is 17.3. The molecule has 0 saturated heterocycles. The summed E-state index contributed by atoms with van der Waals surface area (Å²) in [7, 11) is 1.84. The summed E-state index contributed by atoms with van der Waals surface area (Å²) in [4.78, 5) is 23.4. The van der Waals surface area contributed by atoms with Gasteiger partial charge in [-0.05, 0) is 48.5 Å².